The molecular weight excluding hydrogens is 222 g/mol. The molecule has 2 atom stereocenters. The maximum atomic E-state index is 10.8. The molecule has 1 aromatic rings. The number of hydrogen-bond acceptors (Lipinski definition) is 4. The molecule has 5 heteroatoms. The van der Waals surface area contributed by atoms with Gasteiger partial charge in [0.1, 0.15) is 0 Å². The Labute approximate surface area is 99.0 Å². The third-order valence-corrected chi connectivity index (χ3v) is 3.57. The summed E-state index contributed by atoms with van der Waals surface area (Å²) < 4.78 is 11.1. The Hall–Kier alpha value is -1.49. The van der Waals surface area contributed by atoms with E-state index in [1.807, 2.05) is 0 Å². The first-order chi connectivity index (χ1) is 8.25. The molecule has 1 aliphatic carbocycles. The molecule has 17 heavy (non-hydrogen) atoms. The summed E-state index contributed by atoms with van der Waals surface area (Å²) in [5.74, 6) is -0.365. The molecule has 2 aliphatic rings. The van der Waals surface area contributed by atoms with Crippen LogP contribution in [0.5, 0.6) is 0 Å². The summed E-state index contributed by atoms with van der Waals surface area (Å²) >= 11 is 0. The highest BCUT2D eigenvalue weighted by molar-refractivity contribution is 5.84. The number of furan rings is 1. The van der Waals surface area contributed by atoms with Gasteiger partial charge in [0.25, 0.3) is 0 Å². The van der Waals surface area contributed by atoms with E-state index >= 15 is 0 Å². The number of hydrogen-bond donors (Lipinski definition) is 1. The molecule has 2 unspecified atom stereocenters. The first-order valence-electron chi connectivity index (χ1n) is 5.97. The van der Waals surface area contributed by atoms with E-state index in [1.54, 1.807) is 6.07 Å². The molecule has 2 heterocycles. The average molecular weight is 237 g/mol. The van der Waals surface area contributed by atoms with E-state index < -0.39 is 5.97 Å². The smallest absolute Gasteiger partial charge is 0.371 e. The summed E-state index contributed by atoms with van der Waals surface area (Å²) in [5, 5.41) is 8.85. The van der Waals surface area contributed by atoms with Crippen molar-refractivity contribution in [2.75, 3.05) is 18.1 Å². The molecule has 1 N–H and O–H groups in total. The van der Waals surface area contributed by atoms with Crippen molar-refractivity contribution in [2.45, 2.75) is 31.4 Å². The Kier molecular flexibility index (Phi) is 2.55. The lowest BCUT2D eigenvalue weighted by Gasteiger charge is -2.37. The van der Waals surface area contributed by atoms with Crippen molar-refractivity contribution in [1.82, 2.24) is 0 Å². The highest BCUT2D eigenvalue weighted by Gasteiger charge is 2.37. The normalized spacial score (nSPS) is 28.1. The van der Waals surface area contributed by atoms with Crippen molar-refractivity contribution >= 4 is 11.9 Å². The van der Waals surface area contributed by atoms with Crippen molar-refractivity contribution in [3.05, 3.63) is 17.9 Å². The molecule has 3 rings (SSSR count). The van der Waals surface area contributed by atoms with Crippen LogP contribution >= 0.6 is 0 Å². The molecule has 0 radical (unpaired) electrons. The van der Waals surface area contributed by atoms with Crippen LogP contribution in [0.1, 0.15) is 29.8 Å². The van der Waals surface area contributed by atoms with Gasteiger partial charge in [0, 0.05) is 12.6 Å². The third kappa shape index (κ3) is 1.80. The van der Waals surface area contributed by atoms with Crippen molar-refractivity contribution in [3.63, 3.8) is 0 Å². The van der Waals surface area contributed by atoms with E-state index in [0.717, 1.165) is 19.4 Å². The highest BCUT2D eigenvalue weighted by atomic mass is 16.5. The molecule has 0 aromatic carbocycles. The fourth-order valence-electron chi connectivity index (χ4n) is 2.80. The van der Waals surface area contributed by atoms with Crippen molar-refractivity contribution < 1.29 is 19.1 Å². The van der Waals surface area contributed by atoms with Gasteiger partial charge >= 0.3 is 5.97 Å². The van der Waals surface area contributed by atoms with Gasteiger partial charge < -0.3 is 19.2 Å². The van der Waals surface area contributed by atoms with E-state index in [9.17, 15) is 4.79 Å². The zero-order valence-electron chi connectivity index (χ0n) is 9.46. The summed E-state index contributed by atoms with van der Waals surface area (Å²) in [6, 6.07) is 3.60. The minimum absolute atomic E-state index is 0.000962. The Balaban J connectivity index is 1.84. The number of morpholine rings is 1. The largest absolute Gasteiger partial charge is 0.475 e. The van der Waals surface area contributed by atoms with Crippen molar-refractivity contribution in [2.24, 2.45) is 0 Å². The van der Waals surface area contributed by atoms with Gasteiger partial charge in [-0.2, -0.15) is 0 Å². The molecule has 0 amide bonds. The summed E-state index contributed by atoms with van der Waals surface area (Å²) in [6.07, 6.45) is 3.63. The number of aromatic carboxylic acids is 1. The molecule has 5 nitrogen and oxygen atoms in total. The number of rotatable bonds is 2. The fraction of sp³-hybridized carbons (Fsp3) is 0.583. The zero-order chi connectivity index (χ0) is 11.8. The van der Waals surface area contributed by atoms with Gasteiger partial charge in [-0.15, -0.1) is 0 Å². The SMILES string of the molecule is O=C(O)c1ccc(N2CCOC3CCCC32)o1. The number of ether oxygens (including phenoxy) is 1. The number of carboxylic acids is 1. The van der Waals surface area contributed by atoms with Crippen LogP contribution in [0.4, 0.5) is 5.88 Å². The number of anilines is 1. The Morgan fingerprint density at radius 2 is 2.29 bits per heavy atom. The monoisotopic (exact) mass is 237 g/mol. The lowest BCUT2D eigenvalue weighted by molar-refractivity contribution is 0.0239. The molecule has 1 saturated carbocycles. The average Bonchev–Trinajstić information content (AvgIpc) is 2.97. The van der Waals surface area contributed by atoms with Crippen LogP contribution in [0.2, 0.25) is 0 Å². The predicted octanol–water partition coefficient (Wildman–Crippen LogP) is 1.74. The number of carbonyl (C=O) groups is 1. The lowest BCUT2D eigenvalue weighted by Crippen LogP contribution is -2.48. The first-order valence-corrected chi connectivity index (χ1v) is 5.97. The summed E-state index contributed by atoms with van der Waals surface area (Å²) in [5.41, 5.74) is 0. The Bertz CT molecular complexity index is 428. The quantitative estimate of drug-likeness (QED) is 0.848. The molecule has 2 fully saturated rings. The molecule has 1 aliphatic heterocycles. The second-order valence-electron chi connectivity index (χ2n) is 4.54. The Morgan fingerprint density at radius 1 is 1.41 bits per heavy atom. The number of fused-ring (bicyclic) bond motifs is 1. The molecule has 92 valence electrons. The van der Waals surface area contributed by atoms with E-state index in [1.165, 1.54) is 12.5 Å². The molecule has 1 saturated heterocycles. The second kappa shape index (κ2) is 4.07. The number of nitrogens with zero attached hydrogens (tertiary/aromatic N) is 1. The van der Waals surface area contributed by atoms with Gasteiger partial charge in [-0.1, -0.05) is 0 Å². The lowest BCUT2D eigenvalue weighted by atomic mass is 10.1. The molecule has 0 bridgehead atoms. The third-order valence-electron chi connectivity index (χ3n) is 3.57. The second-order valence-corrected chi connectivity index (χ2v) is 4.54. The van der Waals surface area contributed by atoms with Crippen LogP contribution in [-0.4, -0.2) is 36.4 Å². The van der Waals surface area contributed by atoms with Gasteiger partial charge in [-0.05, 0) is 25.3 Å². The predicted molar refractivity (Wildman–Crippen MR) is 60.4 cm³/mol. The molecular formula is C12H15NO4. The molecule has 0 spiro atoms. The van der Waals surface area contributed by atoms with Gasteiger partial charge in [-0.25, -0.2) is 4.79 Å². The number of carboxylic acid groups (broad SMARTS) is 1. The maximum absolute atomic E-state index is 10.8. The van der Waals surface area contributed by atoms with Crippen molar-refractivity contribution in [1.29, 1.82) is 0 Å². The van der Waals surface area contributed by atoms with Crippen LogP contribution < -0.4 is 4.90 Å². The van der Waals surface area contributed by atoms with Gasteiger partial charge in [0.15, 0.2) is 5.88 Å². The van der Waals surface area contributed by atoms with E-state index in [-0.39, 0.29) is 11.9 Å². The minimum atomic E-state index is -1.02. The first kappa shape index (κ1) is 10.7. The van der Waals surface area contributed by atoms with Gasteiger partial charge in [-0.3, -0.25) is 0 Å². The van der Waals surface area contributed by atoms with E-state index in [4.69, 9.17) is 14.3 Å². The van der Waals surface area contributed by atoms with Gasteiger partial charge in [0.05, 0.1) is 18.8 Å². The van der Waals surface area contributed by atoms with Crippen LogP contribution in [0, 0.1) is 0 Å². The van der Waals surface area contributed by atoms with Gasteiger partial charge in [0.2, 0.25) is 5.76 Å². The summed E-state index contributed by atoms with van der Waals surface area (Å²) in [4.78, 5) is 12.9. The van der Waals surface area contributed by atoms with Crippen LogP contribution in [0.25, 0.3) is 0 Å². The topological polar surface area (TPSA) is 62.9 Å². The van der Waals surface area contributed by atoms with Crippen molar-refractivity contribution in [3.8, 4) is 0 Å². The minimum Gasteiger partial charge on any atom is -0.475 e. The maximum Gasteiger partial charge on any atom is 0.371 e. The standard InChI is InChI=1S/C12H15NO4/c14-12(15)10-4-5-11(17-10)13-6-7-16-9-3-1-2-8(9)13/h4-5,8-9H,1-3,6-7H2,(H,14,15). The molecule has 1 aromatic heterocycles. The van der Waals surface area contributed by atoms with Crippen LogP contribution in [0.15, 0.2) is 16.5 Å². The fourth-order valence-corrected chi connectivity index (χ4v) is 2.80. The van der Waals surface area contributed by atoms with E-state index in [0.29, 0.717) is 18.5 Å². The van der Waals surface area contributed by atoms with Crippen LogP contribution in [-0.2, 0) is 4.74 Å². The Morgan fingerprint density at radius 3 is 3.06 bits per heavy atom. The van der Waals surface area contributed by atoms with Crippen LogP contribution in [0.3, 0.4) is 0 Å². The highest BCUT2D eigenvalue weighted by Crippen LogP contribution is 2.33. The summed E-state index contributed by atoms with van der Waals surface area (Å²) in [7, 11) is 0. The summed E-state index contributed by atoms with van der Waals surface area (Å²) in [6.45, 7) is 1.46. The zero-order valence-corrected chi connectivity index (χ0v) is 9.46. The van der Waals surface area contributed by atoms with E-state index in [2.05, 4.69) is 4.90 Å².